The van der Waals surface area contributed by atoms with E-state index in [1.165, 1.54) is 0 Å². The highest BCUT2D eigenvalue weighted by Crippen LogP contribution is 2.30. The first-order chi connectivity index (χ1) is 8.79. The first-order valence-electron chi connectivity index (χ1n) is 6.81. The molecule has 0 amide bonds. The molecule has 1 aromatic heterocycles. The van der Waals surface area contributed by atoms with E-state index in [-0.39, 0.29) is 0 Å². The third-order valence-electron chi connectivity index (χ3n) is 3.59. The Morgan fingerprint density at radius 3 is 2.26 bits per heavy atom. The molecule has 4 nitrogen and oxygen atoms in total. The molecule has 0 aliphatic heterocycles. The van der Waals surface area contributed by atoms with Crippen LogP contribution in [0.3, 0.4) is 0 Å². The number of nitrogens with zero attached hydrogens (tertiary/aromatic N) is 3. The average Bonchev–Trinajstić information content (AvgIpc) is 2.48. The molecule has 106 valence electrons. The van der Waals surface area contributed by atoms with Gasteiger partial charge in [0.25, 0.3) is 0 Å². The summed E-state index contributed by atoms with van der Waals surface area (Å²) in [7, 11) is 4.14. The lowest BCUT2D eigenvalue weighted by molar-refractivity contribution is 0.288. The van der Waals surface area contributed by atoms with Crippen LogP contribution in [0, 0.1) is 31.1 Å². The number of nitriles is 1. The van der Waals surface area contributed by atoms with E-state index >= 15 is 0 Å². The van der Waals surface area contributed by atoms with Gasteiger partial charge in [0.05, 0.1) is 5.56 Å². The summed E-state index contributed by atoms with van der Waals surface area (Å²) in [5.41, 5.74) is 8.94. The van der Waals surface area contributed by atoms with Crippen molar-refractivity contribution in [3.63, 3.8) is 0 Å². The van der Waals surface area contributed by atoms with Crippen molar-refractivity contribution in [2.75, 3.05) is 26.4 Å². The summed E-state index contributed by atoms with van der Waals surface area (Å²) >= 11 is 0. The summed E-state index contributed by atoms with van der Waals surface area (Å²) in [6, 6.07) is 2.54. The van der Waals surface area contributed by atoms with Gasteiger partial charge >= 0.3 is 0 Å². The molecule has 0 aliphatic rings. The molecular formula is C15H26N4. The van der Waals surface area contributed by atoms with E-state index in [0.717, 1.165) is 24.2 Å². The summed E-state index contributed by atoms with van der Waals surface area (Å²) in [6.45, 7) is 9.39. The van der Waals surface area contributed by atoms with E-state index in [9.17, 15) is 5.26 Å². The van der Waals surface area contributed by atoms with Crippen molar-refractivity contribution in [3.8, 4) is 6.07 Å². The predicted molar refractivity (Wildman–Crippen MR) is 80.1 cm³/mol. The summed E-state index contributed by atoms with van der Waals surface area (Å²) in [4.78, 5) is 2.17. The molecule has 0 aliphatic carbocycles. The second kappa shape index (κ2) is 6.12. The fourth-order valence-electron chi connectivity index (χ4n) is 2.69. The maximum Gasteiger partial charge on any atom is 0.122 e. The van der Waals surface area contributed by atoms with E-state index < -0.39 is 0 Å². The number of rotatable bonds is 5. The van der Waals surface area contributed by atoms with Crippen LogP contribution in [0.25, 0.3) is 0 Å². The summed E-state index contributed by atoms with van der Waals surface area (Å²) < 4.78 is 2.15. The van der Waals surface area contributed by atoms with Gasteiger partial charge < -0.3 is 15.2 Å². The van der Waals surface area contributed by atoms with Crippen LogP contribution in [0.1, 0.15) is 43.1 Å². The summed E-state index contributed by atoms with van der Waals surface area (Å²) in [6.07, 6.45) is 1.06. The van der Waals surface area contributed by atoms with Crippen molar-refractivity contribution in [2.24, 2.45) is 5.92 Å². The molecule has 1 aromatic rings. The molecule has 0 fully saturated rings. The van der Waals surface area contributed by atoms with Gasteiger partial charge in [-0.1, -0.05) is 13.8 Å². The molecule has 19 heavy (non-hydrogen) atoms. The van der Waals surface area contributed by atoms with Crippen LogP contribution >= 0.6 is 0 Å². The Morgan fingerprint density at radius 1 is 1.32 bits per heavy atom. The molecule has 1 rings (SSSR count). The van der Waals surface area contributed by atoms with Crippen molar-refractivity contribution in [1.29, 1.82) is 5.26 Å². The normalized spacial score (nSPS) is 13.0. The van der Waals surface area contributed by atoms with Gasteiger partial charge in [0, 0.05) is 18.3 Å². The monoisotopic (exact) mass is 262 g/mol. The number of hydrogen-bond acceptors (Lipinski definition) is 3. The molecule has 0 bridgehead atoms. The van der Waals surface area contributed by atoms with Crippen LogP contribution in [0.5, 0.6) is 0 Å². The number of aromatic nitrogens is 1. The number of nitrogen functional groups attached to an aromatic ring is 1. The van der Waals surface area contributed by atoms with E-state index in [4.69, 9.17) is 5.73 Å². The Kier molecular flexibility index (Phi) is 5.02. The van der Waals surface area contributed by atoms with E-state index in [0.29, 0.717) is 23.3 Å². The van der Waals surface area contributed by atoms with Crippen LogP contribution in [-0.2, 0) is 0 Å². The Bertz CT molecular complexity index is 467. The molecule has 0 saturated heterocycles. The zero-order valence-corrected chi connectivity index (χ0v) is 13.0. The number of hydrogen-bond donors (Lipinski definition) is 1. The lowest BCUT2D eigenvalue weighted by Gasteiger charge is -2.27. The Balaban J connectivity index is 3.26. The number of anilines is 1. The van der Waals surface area contributed by atoms with Gasteiger partial charge in [-0.15, -0.1) is 0 Å². The maximum absolute atomic E-state index is 9.23. The van der Waals surface area contributed by atoms with E-state index in [1.807, 2.05) is 6.92 Å². The van der Waals surface area contributed by atoms with Crippen LogP contribution in [0.15, 0.2) is 0 Å². The van der Waals surface area contributed by atoms with Gasteiger partial charge in [0.15, 0.2) is 0 Å². The maximum atomic E-state index is 9.23. The smallest absolute Gasteiger partial charge is 0.122 e. The lowest BCUT2D eigenvalue weighted by Crippen LogP contribution is -2.27. The van der Waals surface area contributed by atoms with Crippen LogP contribution in [-0.4, -0.2) is 30.1 Å². The topological polar surface area (TPSA) is 58.0 Å². The molecule has 0 saturated carbocycles. The zero-order valence-electron chi connectivity index (χ0n) is 13.0. The van der Waals surface area contributed by atoms with Crippen molar-refractivity contribution >= 4 is 5.82 Å². The highest BCUT2D eigenvalue weighted by molar-refractivity contribution is 5.58. The molecule has 0 spiro atoms. The molecule has 0 aromatic carbocycles. The van der Waals surface area contributed by atoms with Crippen LogP contribution < -0.4 is 5.73 Å². The van der Waals surface area contributed by atoms with Crippen LogP contribution in [0.4, 0.5) is 5.82 Å². The van der Waals surface area contributed by atoms with Gasteiger partial charge in [-0.2, -0.15) is 5.26 Å². The lowest BCUT2D eigenvalue weighted by atomic mass is 10.0. The summed E-state index contributed by atoms with van der Waals surface area (Å²) in [5, 5.41) is 9.23. The quantitative estimate of drug-likeness (QED) is 0.887. The zero-order chi connectivity index (χ0) is 14.7. The largest absolute Gasteiger partial charge is 0.384 e. The van der Waals surface area contributed by atoms with Crippen molar-refractivity contribution in [1.82, 2.24) is 9.47 Å². The van der Waals surface area contributed by atoms with Gasteiger partial charge in [-0.25, -0.2) is 0 Å². The Labute approximate surface area is 116 Å². The van der Waals surface area contributed by atoms with E-state index in [2.05, 4.69) is 50.4 Å². The first kappa shape index (κ1) is 15.6. The molecule has 4 heteroatoms. The standard InChI is InChI=1S/C15H26N4/c1-10(2)7-13(9-18(5)6)19-12(4)11(3)14(8-16)15(19)17/h10,13H,7,9,17H2,1-6H3. The van der Waals surface area contributed by atoms with Gasteiger partial charge in [0.1, 0.15) is 11.9 Å². The second-order valence-corrected chi connectivity index (χ2v) is 6.00. The Hall–Kier alpha value is -1.47. The summed E-state index contributed by atoms with van der Waals surface area (Å²) in [5.74, 6) is 1.21. The van der Waals surface area contributed by atoms with Crippen molar-refractivity contribution in [3.05, 3.63) is 16.8 Å². The minimum absolute atomic E-state index is 0.316. The third kappa shape index (κ3) is 3.30. The highest BCUT2D eigenvalue weighted by atomic mass is 15.2. The molecular weight excluding hydrogens is 236 g/mol. The number of nitrogens with two attached hydrogens (primary N) is 1. The molecule has 1 heterocycles. The molecule has 2 N–H and O–H groups in total. The van der Waals surface area contributed by atoms with Crippen molar-refractivity contribution in [2.45, 2.75) is 40.2 Å². The van der Waals surface area contributed by atoms with Gasteiger partial charge in [-0.3, -0.25) is 0 Å². The predicted octanol–water partition coefficient (Wildman–Crippen LogP) is 2.71. The molecule has 1 unspecified atom stereocenters. The molecule has 0 radical (unpaired) electrons. The fraction of sp³-hybridized carbons (Fsp3) is 0.667. The highest BCUT2D eigenvalue weighted by Gasteiger charge is 2.22. The first-order valence-corrected chi connectivity index (χ1v) is 6.81. The SMILES string of the molecule is Cc1c(C#N)c(N)n(C(CC(C)C)CN(C)C)c1C. The third-order valence-corrected chi connectivity index (χ3v) is 3.59. The second-order valence-electron chi connectivity index (χ2n) is 6.00. The number of likely N-dealkylation sites (N-methyl/N-ethyl adjacent to an activating group) is 1. The van der Waals surface area contributed by atoms with Gasteiger partial charge in [0.2, 0.25) is 0 Å². The van der Waals surface area contributed by atoms with Crippen LogP contribution in [0.2, 0.25) is 0 Å². The minimum Gasteiger partial charge on any atom is -0.384 e. The van der Waals surface area contributed by atoms with Gasteiger partial charge in [-0.05, 0) is 45.8 Å². The Morgan fingerprint density at radius 2 is 1.89 bits per heavy atom. The fourth-order valence-corrected chi connectivity index (χ4v) is 2.69. The minimum atomic E-state index is 0.316. The molecule has 1 atom stereocenters. The van der Waals surface area contributed by atoms with E-state index in [1.54, 1.807) is 0 Å². The van der Waals surface area contributed by atoms with Crippen molar-refractivity contribution < 1.29 is 0 Å². The average molecular weight is 262 g/mol.